The van der Waals surface area contributed by atoms with Gasteiger partial charge in [0.05, 0.1) is 11.4 Å². The maximum absolute atomic E-state index is 12.3. The molecule has 0 aliphatic rings. The van der Waals surface area contributed by atoms with Gasteiger partial charge in [-0.2, -0.15) is 9.61 Å². The molecule has 0 bridgehead atoms. The Labute approximate surface area is 206 Å². The van der Waals surface area contributed by atoms with Crippen molar-refractivity contribution in [3.05, 3.63) is 102 Å². The first-order valence-corrected chi connectivity index (χ1v) is 12.0. The minimum Gasteiger partial charge on any atom is -0.351 e. The van der Waals surface area contributed by atoms with E-state index in [0.717, 1.165) is 22.4 Å². The fourth-order valence-corrected chi connectivity index (χ4v) is 4.41. The summed E-state index contributed by atoms with van der Waals surface area (Å²) in [5.74, 6) is 0.0810. The second kappa shape index (κ2) is 10.1. The van der Waals surface area contributed by atoms with Gasteiger partial charge in [0.2, 0.25) is 11.1 Å². The molecule has 0 aliphatic carbocycles. The molecule has 168 valence electrons. The zero-order chi connectivity index (χ0) is 23.3. The second-order valence-corrected chi connectivity index (χ2v) is 8.92. The van der Waals surface area contributed by atoms with Crippen LogP contribution in [0.5, 0.6) is 0 Å². The van der Waals surface area contributed by atoms with Crippen LogP contribution in [0.4, 0.5) is 0 Å². The smallest absolute Gasteiger partial charge is 0.230 e. The molecule has 0 unspecified atom stereocenters. The molecule has 1 amide bonds. The SMILES string of the molecule is O=C(CSc1nnc2ccc(-c3ccc(-c4ccccc4)cc3)nn12)NCc1ccccc1Cl. The normalized spacial score (nSPS) is 11.0. The van der Waals surface area contributed by atoms with Crippen LogP contribution < -0.4 is 5.32 Å². The zero-order valence-corrected chi connectivity index (χ0v) is 19.6. The largest absolute Gasteiger partial charge is 0.351 e. The number of nitrogens with one attached hydrogen (secondary N) is 1. The van der Waals surface area contributed by atoms with Crippen molar-refractivity contribution in [2.75, 3.05) is 5.75 Å². The molecule has 8 heteroatoms. The van der Waals surface area contributed by atoms with E-state index in [-0.39, 0.29) is 11.7 Å². The van der Waals surface area contributed by atoms with Gasteiger partial charge < -0.3 is 5.32 Å². The third-order valence-electron chi connectivity index (χ3n) is 5.29. The maximum atomic E-state index is 12.3. The average molecular weight is 486 g/mol. The lowest BCUT2D eigenvalue weighted by atomic mass is 10.0. The van der Waals surface area contributed by atoms with Crippen LogP contribution in [0, 0.1) is 0 Å². The number of aromatic nitrogens is 4. The molecule has 0 atom stereocenters. The number of benzene rings is 3. The molecule has 6 nitrogen and oxygen atoms in total. The van der Waals surface area contributed by atoms with Crippen LogP contribution in [-0.2, 0) is 11.3 Å². The Morgan fingerprint density at radius 3 is 2.32 bits per heavy atom. The Hall–Kier alpha value is -3.68. The average Bonchev–Trinajstić information content (AvgIpc) is 3.30. The Kier molecular flexibility index (Phi) is 6.56. The number of fused-ring (bicyclic) bond motifs is 1. The van der Waals surface area contributed by atoms with Crippen molar-refractivity contribution in [3.63, 3.8) is 0 Å². The van der Waals surface area contributed by atoms with E-state index >= 15 is 0 Å². The lowest BCUT2D eigenvalue weighted by molar-refractivity contribution is -0.118. The van der Waals surface area contributed by atoms with Crippen LogP contribution in [0.15, 0.2) is 96.2 Å². The number of hydrogen-bond donors (Lipinski definition) is 1. The molecule has 5 aromatic rings. The van der Waals surface area contributed by atoms with E-state index in [4.69, 9.17) is 16.7 Å². The van der Waals surface area contributed by atoms with Crippen molar-refractivity contribution in [3.8, 4) is 22.4 Å². The molecule has 0 fully saturated rings. The third-order valence-corrected chi connectivity index (χ3v) is 6.58. The standard InChI is InChI=1S/C26H20ClN5OS/c27-22-9-5-4-8-21(22)16-28-25(33)17-34-26-30-29-24-15-14-23(31-32(24)26)20-12-10-19(11-13-20)18-6-2-1-3-7-18/h1-15H,16-17H2,(H,28,33). The second-order valence-electron chi connectivity index (χ2n) is 7.57. The molecular formula is C26H20ClN5OS. The maximum Gasteiger partial charge on any atom is 0.230 e. The molecule has 2 aromatic heterocycles. The summed E-state index contributed by atoms with van der Waals surface area (Å²) in [6, 6.07) is 29.8. The van der Waals surface area contributed by atoms with Crippen LogP contribution in [0.2, 0.25) is 5.02 Å². The molecular weight excluding hydrogens is 466 g/mol. The van der Waals surface area contributed by atoms with Crippen LogP contribution in [-0.4, -0.2) is 31.5 Å². The number of rotatable bonds is 7. The molecule has 0 spiro atoms. The van der Waals surface area contributed by atoms with E-state index in [1.807, 2.05) is 48.5 Å². The van der Waals surface area contributed by atoms with Gasteiger partial charge in [0.15, 0.2) is 5.65 Å². The summed E-state index contributed by atoms with van der Waals surface area (Å²) >= 11 is 7.44. The minimum absolute atomic E-state index is 0.116. The highest BCUT2D eigenvalue weighted by Gasteiger charge is 2.12. The van der Waals surface area contributed by atoms with Gasteiger partial charge in [0.1, 0.15) is 0 Å². The van der Waals surface area contributed by atoms with E-state index in [9.17, 15) is 4.79 Å². The van der Waals surface area contributed by atoms with Gasteiger partial charge in [0.25, 0.3) is 0 Å². The highest BCUT2D eigenvalue weighted by atomic mass is 35.5. The molecule has 1 N–H and O–H groups in total. The number of nitrogens with zero attached hydrogens (tertiary/aromatic N) is 4. The summed E-state index contributed by atoms with van der Waals surface area (Å²) < 4.78 is 1.67. The third kappa shape index (κ3) is 4.95. The molecule has 2 heterocycles. The Morgan fingerprint density at radius 2 is 1.53 bits per heavy atom. The number of halogens is 1. The molecule has 0 aliphatic heterocycles. The lowest BCUT2D eigenvalue weighted by Gasteiger charge is -2.07. The van der Waals surface area contributed by atoms with Crippen LogP contribution in [0.3, 0.4) is 0 Å². The van der Waals surface area contributed by atoms with Crippen LogP contribution in [0.25, 0.3) is 28.0 Å². The highest BCUT2D eigenvalue weighted by molar-refractivity contribution is 7.99. The molecule has 34 heavy (non-hydrogen) atoms. The topological polar surface area (TPSA) is 72.2 Å². The van der Waals surface area contributed by atoms with E-state index in [1.54, 1.807) is 10.6 Å². The molecule has 0 saturated carbocycles. The van der Waals surface area contributed by atoms with E-state index in [0.29, 0.717) is 22.4 Å². The van der Waals surface area contributed by atoms with E-state index in [1.165, 1.54) is 17.3 Å². The number of carbonyl (C=O) groups is 1. The first kappa shape index (κ1) is 22.1. The van der Waals surface area contributed by atoms with Gasteiger partial charge in [-0.25, -0.2) is 0 Å². The van der Waals surface area contributed by atoms with Gasteiger partial charge in [-0.05, 0) is 34.9 Å². The van der Waals surface area contributed by atoms with E-state index in [2.05, 4.69) is 51.9 Å². The highest BCUT2D eigenvalue weighted by Crippen LogP contribution is 2.25. The monoisotopic (exact) mass is 485 g/mol. The number of amides is 1. The van der Waals surface area contributed by atoms with Gasteiger partial charge in [-0.1, -0.05) is 96.2 Å². The number of thioether (sulfide) groups is 1. The zero-order valence-electron chi connectivity index (χ0n) is 18.1. The lowest BCUT2D eigenvalue weighted by Crippen LogP contribution is -2.24. The summed E-state index contributed by atoms with van der Waals surface area (Å²) in [5, 5.41) is 17.2. The van der Waals surface area contributed by atoms with Crippen molar-refractivity contribution in [2.24, 2.45) is 0 Å². The Bertz CT molecular complexity index is 1440. The van der Waals surface area contributed by atoms with Crippen LogP contribution in [0.1, 0.15) is 5.56 Å². The minimum atomic E-state index is -0.116. The van der Waals surface area contributed by atoms with Crippen molar-refractivity contribution in [1.29, 1.82) is 0 Å². The Morgan fingerprint density at radius 1 is 0.824 bits per heavy atom. The predicted octanol–water partition coefficient (Wildman–Crippen LogP) is 5.52. The van der Waals surface area contributed by atoms with Crippen molar-refractivity contribution in [2.45, 2.75) is 11.7 Å². The molecule has 3 aromatic carbocycles. The van der Waals surface area contributed by atoms with E-state index < -0.39 is 0 Å². The predicted molar refractivity (Wildman–Crippen MR) is 136 cm³/mol. The Balaban J connectivity index is 1.27. The number of carbonyl (C=O) groups excluding carboxylic acids is 1. The number of hydrogen-bond acceptors (Lipinski definition) is 5. The van der Waals surface area contributed by atoms with Crippen molar-refractivity contribution in [1.82, 2.24) is 25.1 Å². The first-order chi connectivity index (χ1) is 16.7. The molecule has 0 radical (unpaired) electrons. The summed E-state index contributed by atoms with van der Waals surface area (Å²) in [4.78, 5) is 12.3. The molecule has 0 saturated heterocycles. The first-order valence-electron chi connectivity index (χ1n) is 10.7. The summed E-state index contributed by atoms with van der Waals surface area (Å²) in [5.41, 5.74) is 5.61. The van der Waals surface area contributed by atoms with Gasteiger partial charge in [-0.3, -0.25) is 4.79 Å². The van der Waals surface area contributed by atoms with Crippen LogP contribution >= 0.6 is 23.4 Å². The fourth-order valence-electron chi connectivity index (χ4n) is 3.49. The van der Waals surface area contributed by atoms with Crippen molar-refractivity contribution < 1.29 is 4.79 Å². The van der Waals surface area contributed by atoms with Gasteiger partial charge in [0, 0.05) is 17.1 Å². The van der Waals surface area contributed by atoms with Gasteiger partial charge >= 0.3 is 0 Å². The van der Waals surface area contributed by atoms with Gasteiger partial charge in [-0.15, -0.1) is 10.2 Å². The molecule has 5 rings (SSSR count). The summed E-state index contributed by atoms with van der Waals surface area (Å²) in [6.07, 6.45) is 0. The summed E-state index contributed by atoms with van der Waals surface area (Å²) in [6.45, 7) is 0.376. The van der Waals surface area contributed by atoms with Crippen molar-refractivity contribution >= 4 is 34.9 Å². The quantitative estimate of drug-likeness (QED) is 0.307. The summed E-state index contributed by atoms with van der Waals surface area (Å²) in [7, 11) is 0. The fraction of sp³-hybridized carbons (Fsp3) is 0.0769.